The lowest BCUT2D eigenvalue weighted by atomic mass is 10.2. The van der Waals surface area contributed by atoms with Crippen molar-refractivity contribution in [2.45, 2.75) is 0 Å². The molecular formula is C14H11BrN4S. The van der Waals surface area contributed by atoms with Gasteiger partial charge in [-0.2, -0.15) is 5.10 Å². The number of aromatic amines is 1. The maximum absolute atomic E-state index is 5.25. The number of aryl methyl sites for hydroxylation is 1. The van der Waals surface area contributed by atoms with Crippen LogP contribution >= 0.6 is 28.1 Å². The van der Waals surface area contributed by atoms with Gasteiger partial charge in [0.25, 0.3) is 0 Å². The van der Waals surface area contributed by atoms with E-state index < -0.39 is 0 Å². The number of H-pyrrole nitrogens is 1. The monoisotopic (exact) mass is 346 g/mol. The Morgan fingerprint density at radius 3 is 2.60 bits per heavy atom. The number of rotatable bonds is 2. The molecule has 3 rings (SSSR count). The predicted octanol–water partition coefficient (Wildman–Crippen LogP) is 3.97. The van der Waals surface area contributed by atoms with Crippen LogP contribution in [0.25, 0.3) is 22.6 Å². The first-order valence-electron chi connectivity index (χ1n) is 5.98. The minimum atomic E-state index is 0.556. The lowest BCUT2D eigenvalue weighted by Gasteiger charge is -2.05. The van der Waals surface area contributed by atoms with E-state index in [1.54, 1.807) is 10.9 Å². The van der Waals surface area contributed by atoms with Crippen LogP contribution in [-0.2, 0) is 7.05 Å². The summed E-state index contributed by atoms with van der Waals surface area (Å²) in [5.74, 6) is 0.754. The van der Waals surface area contributed by atoms with Crippen LogP contribution in [0.5, 0.6) is 0 Å². The number of hydrogen-bond donors (Lipinski definition) is 1. The molecule has 0 aliphatic heterocycles. The molecule has 0 atom stereocenters. The van der Waals surface area contributed by atoms with E-state index in [2.05, 4.69) is 31.0 Å². The Labute approximate surface area is 129 Å². The molecule has 20 heavy (non-hydrogen) atoms. The van der Waals surface area contributed by atoms with Crippen LogP contribution in [0, 0.1) is 4.64 Å². The third-order valence-electron chi connectivity index (χ3n) is 2.88. The van der Waals surface area contributed by atoms with E-state index in [4.69, 9.17) is 12.2 Å². The number of hydrogen-bond acceptors (Lipinski definition) is 3. The van der Waals surface area contributed by atoms with E-state index in [0.717, 1.165) is 27.1 Å². The molecule has 4 nitrogen and oxygen atoms in total. The van der Waals surface area contributed by atoms with Crippen LogP contribution in [0.4, 0.5) is 0 Å². The summed E-state index contributed by atoms with van der Waals surface area (Å²) in [4.78, 5) is 7.69. The molecule has 0 unspecified atom stereocenters. The van der Waals surface area contributed by atoms with Gasteiger partial charge in [-0.25, -0.2) is 4.98 Å². The first kappa shape index (κ1) is 13.2. The van der Waals surface area contributed by atoms with Crippen molar-refractivity contribution in [2.75, 3.05) is 0 Å². The van der Waals surface area contributed by atoms with Gasteiger partial charge in [-0.15, -0.1) is 0 Å². The Hall–Kier alpha value is -1.79. The number of nitrogens with one attached hydrogen (secondary N) is 1. The van der Waals surface area contributed by atoms with Gasteiger partial charge in [0.2, 0.25) is 0 Å². The molecule has 0 radical (unpaired) electrons. The fraction of sp³-hybridized carbons (Fsp3) is 0.0714. The molecule has 0 aliphatic carbocycles. The summed E-state index contributed by atoms with van der Waals surface area (Å²) in [6.45, 7) is 0. The SMILES string of the molecule is Cn1cc(-c2cc(=S)nc(-c3ccc(Br)cc3)[nH]2)cn1. The third-order valence-corrected chi connectivity index (χ3v) is 3.61. The van der Waals surface area contributed by atoms with Crippen molar-refractivity contribution in [3.63, 3.8) is 0 Å². The van der Waals surface area contributed by atoms with Crippen LogP contribution in [0.3, 0.4) is 0 Å². The Morgan fingerprint density at radius 1 is 1.20 bits per heavy atom. The first-order chi connectivity index (χ1) is 9.61. The molecule has 0 saturated carbocycles. The summed E-state index contributed by atoms with van der Waals surface area (Å²) in [7, 11) is 1.88. The van der Waals surface area contributed by atoms with Crippen LogP contribution in [0.2, 0.25) is 0 Å². The summed E-state index contributed by atoms with van der Waals surface area (Å²) in [5, 5.41) is 4.17. The normalized spacial score (nSPS) is 10.7. The van der Waals surface area contributed by atoms with E-state index in [1.165, 1.54) is 0 Å². The number of halogens is 1. The molecular weight excluding hydrogens is 336 g/mol. The highest BCUT2D eigenvalue weighted by Gasteiger charge is 2.06. The van der Waals surface area contributed by atoms with Crippen molar-refractivity contribution in [2.24, 2.45) is 7.05 Å². The topological polar surface area (TPSA) is 46.5 Å². The molecule has 1 aromatic carbocycles. The molecule has 2 heterocycles. The molecule has 1 N–H and O–H groups in total. The van der Waals surface area contributed by atoms with Gasteiger partial charge in [0.05, 0.1) is 11.9 Å². The fourth-order valence-electron chi connectivity index (χ4n) is 1.92. The second-order valence-corrected chi connectivity index (χ2v) is 5.73. The average molecular weight is 347 g/mol. The smallest absolute Gasteiger partial charge is 0.139 e. The first-order valence-corrected chi connectivity index (χ1v) is 7.18. The van der Waals surface area contributed by atoms with Gasteiger partial charge in [0.15, 0.2) is 0 Å². The molecule has 6 heteroatoms. The van der Waals surface area contributed by atoms with Crippen molar-refractivity contribution >= 4 is 28.1 Å². The Kier molecular flexibility index (Phi) is 3.50. The van der Waals surface area contributed by atoms with Crippen molar-refractivity contribution in [3.05, 3.63) is 51.8 Å². The van der Waals surface area contributed by atoms with Crippen LogP contribution in [0.1, 0.15) is 0 Å². The largest absolute Gasteiger partial charge is 0.339 e. The highest BCUT2D eigenvalue weighted by Crippen LogP contribution is 2.22. The summed E-state index contributed by atoms with van der Waals surface area (Å²) in [6.07, 6.45) is 3.73. The van der Waals surface area contributed by atoms with Crippen molar-refractivity contribution < 1.29 is 0 Å². The van der Waals surface area contributed by atoms with Gasteiger partial charge in [0, 0.05) is 28.8 Å². The molecule has 0 spiro atoms. The fourth-order valence-corrected chi connectivity index (χ4v) is 2.39. The predicted molar refractivity (Wildman–Crippen MR) is 84.8 cm³/mol. The minimum absolute atomic E-state index is 0.556. The standard InChI is InChI=1S/C14H11BrN4S/c1-19-8-10(7-16-19)12-6-13(20)18-14(17-12)9-2-4-11(15)5-3-9/h2-8H,1H3,(H,17,18,20). The molecule has 100 valence electrons. The number of benzene rings is 1. The summed E-state index contributed by atoms with van der Waals surface area (Å²) < 4.78 is 3.34. The van der Waals surface area contributed by atoms with E-state index in [0.29, 0.717) is 4.64 Å². The summed E-state index contributed by atoms with van der Waals surface area (Å²) >= 11 is 8.68. The van der Waals surface area contributed by atoms with Crippen LogP contribution < -0.4 is 0 Å². The van der Waals surface area contributed by atoms with Gasteiger partial charge < -0.3 is 4.98 Å². The lowest BCUT2D eigenvalue weighted by Crippen LogP contribution is -1.92. The Bertz CT molecular complexity index is 805. The van der Waals surface area contributed by atoms with Crippen molar-refractivity contribution in [3.8, 4) is 22.6 Å². The molecule has 2 aromatic heterocycles. The van der Waals surface area contributed by atoms with E-state index in [9.17, 15) is 0 Å². The Morgan fingerprint density at radius 2 is 1.95 bits per heavy atom. The zero-order valence-electron chi connectivity index (χ0n) is 10.7. The number of aromatic nitrogens is 4. The maximum atomic E-state index is 5.25. The van der Waals surface area contributed by atoms with E-state index in [1.807, 2.05) is 43.6 Å². The molecule has 0 amide bonds. The van der Waals surface area contributed by atoms with Crippen molar-refractivity contribution in [1.29, 1.82) is 0 Å². The zero-order chi connectivity index (χ0) is 14.1. The van der Waals surface area contributed by atoms with Crippen LogP contribution in [0.15, 0.2) is 47.2 Å². The van der Waals surface area contributed by atoms with Gasteiger partial charge in [0.1, 0.15) is 10.5 Å². The number of nitrogens with zero attached hydrogens (tertiary/aromatic N) is 3. The zero-order valence-corrected chi connectivity index (χ0v) is 13.1. The van der Waals surface area contributed by atoms with Gasteiger partial charge >= 0.3 is 0 Å². The lowest BCUT2D eigenvalue weighted by molar-refractivity contribution is 0.768. The quantitative estimate of drug-likeness (QED) is 0.714. The molecule has 0 saturated heterocycles. The molecule has 0 fully saturated rings. The van der Waals surface area contributed by atoms with Gasteiger partial charge in [-0.05, 0) is 18.2 Å². The maximum Gasteiger partial charge on any atom is 0.139 e. The summed E-state index contributed by atoms with van der Waals surface area (Å²) in [5.41, 5.74) is 2.89. The minimum Gasteiger partial charge on any atom is -0.339 e. The highest BCUT2D eigenvalue weighted by molar-refractivity contribution is 9.10. The molecule has 0 bridgehead atoms. The molecule has 0 aliphatic rings. The van der Waals surface area contributed by atoms with Crippen molar-refractivity contribution in [1.82, 2.24) is 19.7 Å². The average Bonchev–Trinajstić information content (AvgIpc) is 2.85. The second kappa shape index (κ2) is 5.30. The highest BCUT2D eigenvalue weighted by atomic mass is 79.9. The third kappa shape index (κ3) is 2.71. The summed E-state index contributed by atoms with van der Waals surface area (Å²) in [6, 6.07) is 9.78. The second-order valence-electron chi connectivity index (χ2n) is 4.39. The molecule has 3 aromatic rings. The van der Waals surface area contributed by atoms with E-state index in [-0.39, 0.29) is 0 Å². The van der Waals surface area contributed by atoms with Gasteiger partial charge in [-0.1, -0.05) is 40.3 Å². The Balaban J connectivity index is 2.11. The van der Waals surface area contributed by atoms with E-state index >= 15 is 0 Å². The van der Waals surface area contributed by atoms with Crippen LogP contribution in [-0.4, -0.2) is 19.7 Å². The van der Waals surface area contributed by atoms with Gasteiger partial charge in [-0.3, -0.25) is 4.68 Å².